The van der Waals surface area contributed by atoms with E-state index in [1.54, 1.807) is 19.1 Å². The number of hydrogen-bond acceptors (Lipinski definition) is 2. The van der Waals surface area contributed by atoms with Gasteiger partial charge >= 0.3 is 0 Å². The summed E-state index contributed by atoms with van der Waals surface area (Å²) in [5.41, 5.74) is 9.81. The maximum absolute atomic E-state index is 5.54. The van der Waals surface area contributed by atoms with Crippen molar-refractivity contribution in [1.82, 2.24) is 0 Å². The maximum atomic E-state index is 5.54. The highest BCUT2D eigenvalue weighted by Crippen LogP contribution is 2.34. The summed E-state index contributed by atoms with van der Waals surface area (Å²) in [6, 6.07) is 13.8. The molecule has 0 saturated heterocycles. The predicted molar refractivity (Wildman–Crippen MR) is 99.1 cm³/mol. The second-order valence-electron chi connectivity index (χ2n) is 7.19. The van der Waals surface area contributed by atoms with Gasteiger partial charge in [0.1, 0.15) is 12.6 Å². The Labute approximate surface area is 150 Å². The molecule has 2 aromatic rings. The number of rotatable bonds is 5. The molecule has 2 aromatic carbocycles. The first-order chi connectivity index (χ1) is 12.0. The summed E-state index contributed by atoms with van der Waals surface area (Å²) in [6.45, 7) is 6.51. The van der Waals surface area contributed by atoms with E-state index in [0.717, 1.165) is 31.0 Å². The number of ether oxygens (including phenoxy) is 2. The minimum absolute atomic E-state index is 0.317. The Morgan fingerprint density at radius 3 is 2.52 bits per heavy atom. The Bertz CT molecular complexity index is 743. The summed E-state index contributed by atoms with van der Waals surface area (Å²) in [4.78, 5) is 1.58. The van der Waals surface area contributed by atoms with Crippen LogP contribution in [0.3, 0.4) is 0 Å². The van der Waals surface area contributed by atoms with Gasteiger partial charge in [-0.15, -0.1) is 0 Å². The molecule has 1 aliphatic heterocycles. The molecule has 25 heavy (non-hydrogen) atoms. The Morgan fingerprint density at radius 1 is 1.16 bits per heavy atom. The van der Waals surface area contributed by atoms with E-state index in [4.69, 9.17) is 9.47 Å². The van der Waals surface area contributed by atoms with Gasteiger partial charge in [0.2, 0.25) is 0 Å². The van der Waals surface area contributed by atoms with Crippen LogP contribution in [0.15, 0.2) is 36.4 Å². The summed E-state index contributed by atoms with van der Waals surface area (Å²) >= 11 is 0. The summed E-state index contributed by atoms with van der Waals surface area (Å²) < 4.78 is 11.0. The van der Waals surface area contributed by atoms with Crippen LogP contribution >= 0.6 is 0 Å². The largest absolute Gasteiger partial charge is 0.493 e. The summed E-state index contributed by atoms with van der Waals surface area (Å²) in [5.74, 6) is 1.63. The van der Waals surface area contributed by atoms with Crippen LogP contribution in [0.4, 0.5) is 0 Å². The molecule has 1 unspecified atom stereocenters. The Morgan fingerprint density at radius 2 is 1.88 bits per heavy atom. The van der Waals surface area contributed by atoms with E-state index in [-0.39, 0.29) is 0 Å². The van der Waals surface area contributed by atoms with Crippen LogP contribution in [0.5, 0.6) is 11.5 Å². The quantitative estimate of drug-likeness (QED) is 0.861. The molecule has 0 bridgehead atoms. The number of aryl methyl sites for hydroxylation is 1. The highest BCUT2D eigenvalue weighted by Gasteiger charge is 2.36. The van der Waals surface area contributed by atoms with Gasteiger partial charge in [0.15, 0.2) is 17.5 Å². The number of benzene rings is 2. The lowest BCUT2D eigenvalue weighted by molar-refractivity contribution is -0.957. The number of fused-ring (bicyclic) bond motifs is 1. The van der Waals surface area contributed by atoms with E-state index < -0.39 is 0 Å². The van der Waals surface area contributed by atoms with Crippen LogP contribution in [-0.2, 0) is 13.0 Å². The Balaban J connectivity index is 1.96. The molecule has 0 aromatic heterocycles. The fourth-order valence-corrected chi connectivity index (χ4v) is 4.11. The van der Waals surface area contributed by atoms with Gasteiger partial charge < -0.3 is 20.1 Å². The smallest absolute Gasteiger partial charge is 0.166 e. The van der Waals surface area contributed by atoms with Gasteiger partial charge in [-0.25, -0.2) is 0 Å². The lowest BCUT2D eigenvalue weighted by atomic mass is 9.88. The zero-order valence-electron chi connectivity index (χ0n) is 15.8. The molecule has 4 N–H and O–H groups in total. The zero-order valence-corrected chi connectivity index (χ0v) is 15.8. The fourth-order valence-electron chi connectivity index (χ4n) is 4.11. The number of hydrogen-bond donors (Lipinski definition) is 2. The first kappa shape index (κ1) is 17.8. The van der Waals surface area contributed by atoms with E-state index in [1.165, 1.54) is 22.3 Å². The molecule has 4 heteroatoms. The minimum atomic E-state index is 0.317. The van der Waals surface area contributed by atoms with Crippen molar-refractivity contribution in [1.29, 1.82) is 0 Å². The van der Waals surface area contributed by atoms with Gasteiger partial charge in [-0.2, -0.15) is 0 Å². The molecule has 1 heterocycles. The molecule has 0 spiro atoms. The van der Waals surface area contributed by atoms with Gasteiger partial charge in [0.25, 0.3) is 0 Å². The average Bonchev–Trinajstić information content (AvgIpc) is 2.60. The molecule has 134 valence electrons. The van der Waals surface area contributed by atoms with Gasteiger partial charge in [0.05, 0.1) is 20.8 Å². The third kappa shape index (κ3) is 3.65. The number of nitrogens with one attached hydrogen (secondary N) is 1. The van der Waals surface area contributed by atoms with Gasteiger partial charge in [0, 0.05) is 17.5 Å². The van der Waals surface area contributed by atoms with Gasteiger partial charge in [-0.3, -0.25) is 0 Å². The number of quaternary nitrogens is 2. The third-order valence-corrected chi connectivity index (χ3v) is 5.22. The summed E-state index contributed by atoms with van der Waals surface area (Å²) in [7, 11) is 3.40. The highest BCUT2D eigenvalue weighted by molar-refractivity contribution is 5.49. The third-order valence-electron chi connectivity index (χ3n) is 5.22. The lowest BCUT2D eigenvalue weighted by Crippen LogP contribution is -3.14. The van der Waals surface area contributed by atoms with Crippen LogP contribution in [-0.4, -0.2) is 26.8 Å². The zero-order chi connectivity index (χ0) is 18.0. The standard InChI is InChI=1S/C21H28N2O2/c1-14-6-5-7-16(10-14)13-23-9-8-17-11-19(24-3)20(25-4)12-18(17)21(23)15(2)22/h5-7,10-12,15,21H,8-9,13,22H2,1-4H3/p+2/t15-,21-/m1/s1. The maximum Gasteiger partial charge on any atom is 0.166 e. The van der Waals surface area contributed by atoms with Crippen LogP contribution in [0.2, 0.25) is 0 Å². The molecule has 0 amide bonds. The molecular weight excluding hydrogens is 312 g/mol. The molecular formula is C21H30N2O2+2. The predicted octanol–water partition coefficient (Wildman–Crippen LogP) is 1.32. The Kier molecular flexibility index (Phi) is 5.30. The molecule has 3 rings (SSSR count). The van der Waals surface area contributed by atoms with Gasteiger partial charge in [-0.1, -0.05) is 29.8 Å². The van der Waals surface area contributed by atoms with Crippen molar-refractivity contribution in [2.24, 2.45) is 0 Å². The van der Waals surface area contributed by atoms with Crippen LogP contribution in [0.1, 0.15) is 35.2 Å². The molecule has 1 aliphatic rings. The monoisotopic (exact) mass is 342 g/mol. The highest BCUT2D eigenvalue weighted by atomic mass is 16.5. The van der Waals surface area contributed by atoms with Crippen LogP contribution < -0.4 is 20.1 Å². The second kappa shape index (κ2) is 7.46. The van der Waals surface area contributed by atoms with Crippen molar-refractivity contribution in [2.45, 2.75) is 38.9 Å². The molecule has 0 radical (unpaired) electrons. The summed E-state index contributed by atoms with van der Waals surface area (Å²) in [6.07, 6.45) is 1.06. The topological polar surface area (TPSA) is 50.5 Å². The van der Waals surface area contributed by atoms with E-state index in [2.05, 4.69) is 56.0 Å². The van der Waals surface area contributed by atoms with Crippen molar-refractivity contribution in [2.75, 3.05) is 20.8 Å². The van der Waals surface area contributed by atoms with Crippen LogP contribution in [0.25, 0.3) is 0 Å². The molecule has 0 fully saturated rings. The number of methoxy groups -OCH3 is 2. The minimum Gasteiger partial charge on any atom is -0.493 e. The van der Waals surface area contributed by atoms with Crippen molar-refractivity contribution in [3.63, 3.8) is 0 Å². The molecule has 4 nitrogen and oxygen atoms in total. The van der Waals surface area contributed by atoms with E-state index >= 15 is 0 Å². The van der Waals surface area contributed by atoms with Crippen molar-refractivity contribution >= 4 is 0 Å². The molecule has 0 saturated carbocycles. The van der Waals surface area contributed by atoms with Gasteiger partial charge in [-0.05, 0) is 31.5 Å². The second-order valence-corrected chi connectivity index (χ2v) is 7.19. The fraction of sp³-hybridized carbons (Fsp3) is 0.429. The van der Waals surface area contributed by atoms with Crippen LogP contribution in [0, 0.1) is 6.92 Å². The van der Waals surface area contributed by atoms with E-state index in [0.29, 0.717) is 12.1 Å². The SMILES string of the molecule is COc1cc2c(cc1OC)[C@@H]([C@@H](C)[NH3+])[NH+](Cc1cccc(C)c1)CC2. The lowest BCUT2D eigenvalue weighted by Gasteiger charge is -2.35. The van der Waals surface area contributed by atoms with Crippen molar-refractivity contribution in [3.8, 4) is 11.5 Å². The van der Waals surface area contributed by atoms with Crippen molar-refractivity contribution in [3.05, 3.63) is 58.7 Å². The van der Waals surface area contributed by atoms with Crippen molar-refractivity contribution < 1.29 is 20.1 Å². The van der Waals surface area contributed by atoms with E-state index in [1.807, 2.05) is 0 Å². The first-order valence-electron chi connectivity index (χ1n) is 9.01. The van der Waals surface area contributed by atoms with E-state index in [9.17, 15) is 0 Å². The molecule has 0 aliphatic carbocycles. The summed E-state index contributed by atoms with van der Waals surface area (Å²) in [5, 5.41) is 0. The molecule has 3 atom stereocenters. The first-order valence-corrected chi connectivity index (χ1v) is 9.01. The Hall–Kier alpha value is -2.04. The normalized spacial score (nSPS) is 20.7. The average molecular weight is 342 g/mol.